The van der Waals surface area contributed by atoms with Crippen LogP contribution in [0.25, 0.3) is 22.6 Å². The maximum atomic E-state index is 10.8. The summed E-state index contributed by atoms with van der Waals surface area (Å²) in [5, 5.41) is 10.7. The van der Waals surface area contributed by atoms with E-state index in [1.165, 1.54) is 21.3 Å². The van der Waals surface area contributed by atoms with Gasteiger partial charge in [0, 0.05) is 17.1 Å². The van der Waals surface area contributed by atoms with Crippen LogP contribution < -0.4 is 36.1 Å². The standard InChI is InChI=1S/C19H20N2O4.C11H13N3O/c1-22-16-6-5-12(8-15(16)21)7-14(11-20)13-9-17(23-2)19(25-4)18(10-13)24-3;12-9(11(13)15)5-7-6-14-10-4-2-1-3-8(7)10/h5-10H,21H2,1-4H3;1-4,6,9,14H,5,12H2,(H2,13,15)/b14-7-;/t;9-/m.1/s1. The number of nitrogens with one attached hydrogen (secondary N) is 1. The van der Waals surface area contributed by atoms with Gasteiger partial charge in [0.15, 0.2) is 11.5 Å². The summed E-state index contributed by atoms with van der Waals surface area (Å²) in [5.41, 5.74) is 21.1. The first-order valence-corrected chi connectivity index (χ1v) is 12.2. The molecule has 1 atom stereocenters. The molecule has 0 bridgehead atoms. The molecule has 40 heavy (non-hydrogen) atoms. The van der Waals surface area contributed by atoms with Crippen molar-refractivity contribution in [1.29, 1.82) is 5.26 Å². The lowest BCUT2D eigenvalue weighted by atomic mass is 10.0. The fourth-order valence-corrected chi connectivity index (χ4v) is 4.06. The van der Waals surface area contributed by atoms with Gasteiger partial charge in [0.25, 0.3) is 0 Å². The average molecular weight is 544 g/mol. The van der Waals surface area contributed by atoms with E-state index in [0.717, 1.165) is 22.0 Å². The number of benzene rings is 3. The summed E-state index contributed by atoms with van der Waals surface area (Å²) in [6.07, 6.45) is 4.07. The Kier molecular flexibility index (Phi) is 10.00. The SMILES string of the molecule is COc1ccc(/C=C(/C#N)c2cc(OC)c(OC)c(OC)c2)cc1N.NC(=O)[C@H](N)Cc1c[nH]c2ccccc12. The van der Waals surface area contributed by atoms with Crippen LogP contribution in [0.1, 0.15) is 16.7 Å². The van der Waals surface area contributed by atoms with Crippen molar-refractivity contribution in [2.45, 2.75) is 12.5 Å². The van der Waals surface area contributed by atoms with Crippen molar-refractivity contribution < 1.29 is 23.7 Å². The number of methoxy groups -OCH3 is 4. The number of aromatic nitrogens is 1. The molecule has 10 nitrogen and oxygen atoms in total. The van der Waals surface area contributed by atoms with Crippen molar-refractivity contribution in [3.05, 3.63) is 77.5 Å². The van der Waals surface area contributed by atoms with E-state index in [0.29, 0.717) is 46.2 Å². The Morgan fingerprint density at radius 2 is 1.62 bits per heavy atom. The molecule has 1 amide bonds. The molecule has 208 valence electrons. The highest BCUT2D eigenvalue weighted by atomic mass is 16.5. The summed E-state index contributed by atoms with van der Waals surface area (Å²) >= 11 is 0. The molecule has 0 unspecified atom stereocenters. The van der Waals surface area contributed by atoms with Crippen molar-refractivity contribution in [3.8, 4) is 29.1 Å². The van der Waals surface area contributed by atoms with Gasteiger partial charge in [-0.1, -0.05) is 24.3 Å². The van der Waals surface area contributed by atoms with Crippen LogP contribution in [0.5, 0.6) is 23.0 Å². The Morgan fingerprint density at radius 3 is 2.17 bits per heavy atom. The van der Waals surface area contributed by atoms with Crippen LogP contribution in [0.2, 0.25) is 0 Å². The number of ether oxygens (including phenoxy) is 4. The molecule has 7 N–H and O–H groups in total. The Balaban J connectivity index is 0.000000249. The number of allylic oxidation sites excluding steroid dienone is 1. The van der Waals surface area contributed by atoms with Gasteiger partial charge in [0.05, 0.1) is 51.8 Å². The lowest BCUT2D eigenvalue weighted by Gasteiger charge is -2.14. The predicted octanol–water partition coefficient (Wildman–Crippen LogP) is 3.89. The minimum absolute atomic E-state index is 0.434. The number of nitrogen functional groups attached to an aromatic ring is 1. The van der Waals surface area contributed by atoms with Gasteiger partial charge in [-0.15, -0.1) is 0 Å². The molecule has 10 heteroatoms. The maximum absolute atomic E-state index is 10.8. The smallest absolute Gasteiger partial charge is 0.234 e. The van der Waals surface area contributed by atoms with E-state index in [9.17, 15) is 10.1 Å². The molecule has 4 rings (SSSR count). The van der Waals surface area contributed by atoms with E-state index in [1.807, 2.05) is 36.5 Å². The van der Waals surface area contributed by atoms with E-state index in [-0.39, 0.29) is 0 Å². The van der Waals surface area contributed by atoms with E-state index < -0.39 is 11.9 Å². The van der Waals surface area contributed by atoms with Crippen LogP contribution in [0.4, 0.5) is 5.69 Å². The van der Waals surface area contributed by atoms with Gasteiger partial charge < -0.3 is 41.1 Å². The fourth-order valence-electron chi connectivity index (χ4n) is 4.06. The normalized spacial score (nSPS) is 11.6. The number of para-hydroxylation sites is 1. The molecule has 0 spiro atoms. The van der Waals surface area contributed by atoms with Crippen LogP contribution >= 0.6 is 0 Å². The highest BCUT2D eigenvalue weighted by Crippen LogP contribution is 2.40. The highest BCUT2D eigenvalue weighted by Gasteiger charge is 2.16. The third-order valence-electron chi connectivity index (χ3n) is 6.14. The maximum Gasteiger partial charge on any atom is 0.234 e. The zero-order valence-corrected chi connectivity index (χ0v) is 22.9. The van der Waals surface area contributed by atoms with Crippen molar-refractivity contribution in [2.75, 3.05) is 34.2 Å². The summed E-state index contributed by atoms with van der Waals surface area (Å²) < 4.78 is 21.1. The second-order valence-electron chi connectivity index (χ2n) is 8.66. The van der Waals surface area contributed by atoms with Gasteiger partial charge in [-0.2, -0.15) is 5.26 Å². The number of nitrogens with zero attached hydrogens (tertiary/aromatic N) is 1. The quantitative estimate of drug-likeness (QED) is 0.140. The molecule has 0 saturated heterocycles. The molecular formula is C30H33N5O5. The van der Waals surface area contributed by atoms with Gasteiger partial charge >= 0.3 is 0 Å². The summed E-state index contributed by atoms with van der Waals surface area (Å²) in [6.45, 7) is 0. The topological polar surface area (TPSA) is 172 Å². The first-order valence-electron chi connectivity index (χ1n) is 12.2. The van der Waals surface area contributed by atoms with Crippen LogP contribution in [-0.2, 0) is 11.2 Å². The Hall–Kier alpha value is -5.14. The van der Waals surface area contributed by atoms with Crippen molar-refractivity contribution in [2.24, 2.45) is 11.5 Å². The number of fused-ring (bicyclic) bond motifs is 1. The lowest BCUT2D eigenvalue weighted by molar-refractivity contribution is -0.119. The molecule has 0 radical (unpaired) electrons. The van der Waals surface area contributed by atoms with Gasteiger partial charge in [-0.25, -0.2) is 0 Å². The van der Waals surface area contributed by atoms with Gasteiger partial charge in [0.2, 0.25) is 11.7 Å². The number of hydrogen-bond donors (Lipinski definition) is 4. The molecular weight excluding hydrogens is 510 g/mol. The lowest BCUT2D eigenvalue weighted by Crippen LogP contribution is -2.38. The number of primary amides is 1. The Bertz CT molecular complexity index is 1530. The zero-order valence-electron chi connectivity index (χ0n) is 22.9. The number of H-pyrrole nitrogens is 1. The van der Waals surface area contributed by atoms with Crippen LogP contribution in [-0.4, -0.2) is 45.4 Å². The minimum atomic E-state index is -0.621. The summed E-state index contributed by atoms with van der Waals surface area (Å²) in [5.74, 6) is 1.54. The Morgan fingerprint density at radius 1 is 0.975 bits per heavy atom. The first kappa shape index (κ1) is 29.4. The number of carbonyl (C=O) groups is 1. The van der Waals surface area contributed by atoms with Crippen LogP contribution in [0, 0.1) is 11.3 Å². The second-order valence-corrected chi connectivity index (χ2v) is 8.66. The second kappa shape index (κ2) is 13.6. The number of aromatic amines is 1. The third-order valence-corrected chi connectivity index (χ3v) is 6.14. The number of carbonyl (C=O) groups excluding carboxylic acids is 1. The molecule has 0 fully saturated rings. The minimum Gasteiger partial charge on any atom is -0.495 e. The number of amides is 1. The molecule has 4 aromatic rings. The molecule has 0 aliphatic heterocycles. The van der Waals surface area contributed by atoms with Crippen molar-refractivity contribution >= 4 is 34.1 Å². The molecule has 1 heterocycles. The summed E-state index contributed by atoms with van der Waals surface area (Å²) in [6, 6.07) is 18.2. The fraction of sp³-hybridized carbons (Fsp3) is 0.200. The number of rotatable bonds is 9. The van der Waals surface area contributed by atoms with Gasteiger partial charge in [-0.3, -0.25) is 4.79 Å². The first-order chi connectivity index (χ1) is 19.3. The van der Waals surface area contributed by atoms with E-state index in [4.69, 9.17) is 36.1 Å². The average Bonchev–Trinajstić information content (AvgIpc) is 3.38. The molecule has 0 aliphatic carbocycles. The number of nitriles is 1. The summed E-state index contributed by atoms with van der Waals surface area (Å²) in [4.78, 5) is 14.0. The van der Waals surface area contributed by atoms with E-state index in [1.54, 1.807) is 37.5 Å². The largest absolute Gasteiger partial charge is 0.495 e. The molecule has 0 saturated carbocycles. The molecule has 1 aromatic heterocycles. The predicted molar refractivity (Wildman–Crippen MR) is 156 cm³/mol. The van der Waals surface area contributed by atoms with Gasteiger partial charge in [-0.05, 0) is 59.5 Å². The van der Waals surface area contributed by atoms with Crippen molar-refractivity contribution in [3.63, 3.8) is 0 Å². The third kappa shape index (κ3) is 6.83. The van der Waals surface area contributed by atoms with Crippen LogP contribution in [0.3, 0.4) is 0 Å². The number of anilines is 1. The molecule has 3 aromatic carbocycles. The highest BCUT2D eigenvalue weighted by molar-refractivity contribution is 5.91. The van der Waals surface area contributed by atoms with Crippen LogP contribution in [0.15, 0.2) is 60.8 Å². The van der Waals surface area contributed by atoms with E-state index in [2.05, 4.69) is 11.1 Å². The monoisotopic (exact) mass is 543 g/mol. The summed E-state index contributed by atoms with van der Waals surface area (Å²) in [7, 11) is 6.14. The number of nitrogens with two attached hydrogens (primary N) is 3. The van der Waals surface area contributed by atoms with Gasteiger partial charge in [0.1, 0.15) is 5.75 Å². The zero-order chi connectivity index (χ0) is 29.2. The Labute approximate surface area is 232 Å². The number of hydrogen-bond acceptors (Lipinski definition) is 8. The molecule has 0 aliphatic rings. The van der Waals surface area contributed by atoms with Crippen molar-refractivity contribution in [1.82, 2.24) is 4.98 Å². The van der Waals surface area contributed by atoms with E-state index >= 15 is 0 Å².